The van der Waals surface area contributed by atoms with Crippen molar-refractivity contribution >= 4 is 23.3 Å². The number of hydrogen-bond donors (Lipinski definition) is 4. The number of aliphatic hydroxyl groups is 1. The lowest BCUT2D eigenvalue weighted by atomic mass is 10.0. The molecule has 1 heterocycles. The van der Waals surface area contributed by atoms with E-state index in [4.69, 9.17) is 5.73 Å². The van der Waals surface area contributed by atoms with Crippen molar-refractivity contribution in [3.05, 3.63) is 71.4 Å². The number of aromatic nitrogens is 1. The van der Waals surface area contributed by atoms with E-state index >= 15 is 0 Å². The van der Waals surface area contributed by atoms with Gasteiger partial charge in [0.1, 0.15) is 23.2 Å². The summed E-state index contributed by atoms with van der Waals surface area (Å²) in [6, 6.07) is 6.16. The van der Waals surface area contributed by atoms with Crippen molar-refractivity contribution in [2.75, 3.05) is 11.1 Å². The molecule has 8 nitrogen and oxygen atoms in total. The van der Waals surface area contributed by atoms with E-state index in [-0.39, 0.29) is 34.2 Å². The van der Waals surface area contributed by atoms with Crippen LogP contribution in [0.1, 0.15) is 35.9 Å². The number of benzene rings is 2. The summed E-state index contributed by atoms with van der Waals surface area (Å²) in [6.45, 7) is 3.41. The third-order valence-electron chi connectivity index (χ3n) is 4.82. The van der Waals surface area contributed by atoms with Gasteiger partial charge < -0.3 is 26.2 Å². The molecule has 0 unspecified atom stereocenters. The predicted octanol–water partition coefficient (Wildman–Crippen LogP) is 4.32. The van der Waals surface area contributed by atoms with Gasteiger partial charge in [0.2, 0.25) is 0 Å². The topological polar surface area (TPSA) is 127 Å². The zero-order valence-corrected chi connectivity index (χ0v) is 19.4. The Kier molecular flexibility index (Phi) is 7.96. The number of aliphatic hydroxyl groups excluding tert-OH is 1. The maximum absolute atomic E-state index is 13.4. The Bertz CT molecular complexity index is 1310. The molecule has 0 bridgehead atoms. The first kappa shape index (κ1) is 27.3. The lowest BCUT2D eigenvalue weighted by Gasteiger charge is -2.17. The fraction of sp³-hybridized carbons (Fsp3) is 0.208. The second kappa shape index (κ2) is 10.8. The van der Waals surface area contributed by atoms with Gasteiger partial charge in [-0.05, 0) is 49.7 Å². The average molecular weight is 524 g/mol. The molecule has 0 aliphatic rings. The molecule has 13 heteroatoms. The van der Waals surface area contributed by atoms with Gasteiger partial charge in [-0.1, -0.05) is 0 Å². The summed E-state index contributed by atoms with van der Waals surface area (Å²) in [5.41, 5.74) is 4.95. The zero-order chi connectivity index (χ0) is 27.5. The summed E-state index contributed by atoms with van der Waals surface area (Å²) >= 11 is 0. The van der Waals surface area contributed by atoms with Crippen LogP contribution in [0.3, 0.4) is 0 Å². The number of rotatable bonds is 7. The van der Waals surface area contributed by atoms with Crippen molar-refractivity contribution in [2.24, 2.45) is 0 Å². The highest BCUT2D eigenvalue weighted by atomic mass is 19.4. The smallest absolute Gasteiger partial charge is 0.405 e. The number of pyridine rings is 1. The van der Waals surface area contributed by atoms with E-state index in [2.05, 4.69) is 20.4 Å². The summed E-state index contributed by atoms with van der Waals surface area (Å²) in [4.78, 5) is 28.7. The zero-order valence-electron chi connectivity index (χ0n) is 19.4. The van der Waals surface area contributed by atoms with Crippen LogP contribution in [0, 0.1) is 11.6 Å². The first-order valence-electron chi connectivity index (χ1n) is 10.6. The van der Waals surface area contributed by atoms with Crippen LogP contribution in [0.25, 0.3) is 11.1 Å². The van der Waals surface area contributed by atoms with E-state index in [0.717, 1.165) is 30.5 Å². The van der Waals surface area contributed by atoms with Crippen LogP contribution in [-0.2, 0) is 4.79 Å². The summed E-state index contributed by atoms with van der Waals surface area (Å²) in [5.74, 6) is -4.74. The van der Waals surface area contributed by atoms with Gasteiger partial charge in [0.25, 0.3) is 11.8 Å². The van der Waals surface area contributed by atoms with E-state index in [1.54, 1.807) is 13.8 Å². The minimum absolute atomic E-state index is 0.0514. The molecule has 0 fully saturated rings. The molecule has 0 spiro atoms. The molecule has 5 N–H and O–H groups in total. The minimum Gasteiger partial charge on any atom is -0.405 e. The number of amides is 2. The third-order valence-corrected chi connectivity index (χ3v) is 4.82. The number of hydrogen-bond acceptors (Lipinski definition) is 6. The van der Waals surface area contributed by atoms with Crippen molar-refractivity contribution in [1.82, 2.24) is 10.3 Å². The fourth-order valence-corrected chi connectivity index (χ4v) is 3.29. The molecule has 1 atom stereocenters. The number of carbonyl (C=O) groups excluding carboxylic acids is 2. The number of halogens is 5. The molecule has 0 saturated carbocycles. The normalized spacial score (nSPS) is 12.2. The van der Waals surface area contributed by atoms with Crippen LogP contribution >= 0.6 is 0 Å². The van der Waals surface area contributed by atoms with Gasteiger partial charge in [-0.15, -0.1) is 13.2 Å². The Labute approximate surface area is 207 Å². The lowest BCUT2D eigenvalue weighted by Crippen LogP contribution is -2.30. The fourth-order valence-electron chi connectivity index (χ4n) is 3.29. The van der Waals surface area contributed by atoms with Crippen LogP contribution < -0.4 is 21.1 Å². The highest BCUT2D eigenvalue weighted by Crippen LogP contribution is 2.37. The lowest BCUT2D eigenvalue weighted by molar-refractivity contribution is -0.274. The number of nitrogens with two attached hydrogens (primary N) is 1. The quantitative estimate of drug-likeness (QED) is 0.341. The number of alkyl halides is 3. The van der Waals surface area contributed by atoms with Crippen LogP contribution in [0.2, 0.25) is 0 Å². The molecular weight excluding hydrogens is 503 g/mol. The molecule has 3 rings (SSSR count). The number of nitrogen functional groups attached to an aromatic ring is 1. The predicted molar refractivity (Wildman–Crippen MR) is 123 cm³/mol. The second-order valence-electron chi connectivity index (χ2n) is 8.14. The molecule has 196 valence electrons. The molecule has 0 aliphatic carbocycles. The van der Waals surface area contributed by atoms with E-state index in [0.29, 0.717) is 6.07 Å². The first-order valence-corrected chi connectivity index (χ1v) is 10.6. The summed E-state index contributed by atoms with van der Waals surface area (Å²) in [7, 11) is 0. The molecule has 1 aromatic heterocycles. The maximum Gasteiger partial charge on any atom is 0.573 e. The minimum atomic E-state index is -5.13. The van der Waals surface area contributed by atoms with Gasteiger partial charge >= 0.3 is 6.36 Å². The molecule has 2 amide bonds. The van der Waals surface area contributed by atoms with E-state index in [9.17, 15) is 36.6 Å². The van der Waals surface area contributed by atoms with Crippen molar-refractivity contribution in [3.8, 4) is 16.9 Å². The van der Waals surface area contributed by atoms with E-state index < -0.39 is 47.2 Å². The van der Waals surface area contributed by atoms with Crippen LogP contribution in [-0.4, -0.2) is 34.3 Å². The number of nitrogens with zero attached hydrogens (tertiary/aromatic N) is 1. The Morgan fingerprint density at radius 2 is 1.70 bits per heavy atom. The Balaban J connectivity index is 1.96. The third kappa shape index (κ3) is 7.13. The number of carbonyl (C=O) groups is 2. The van der Waals surface area contributed by atoms with Gasteiger partial charge in [-0.3, -0.25) is 9.59 Å². The van der Waals surface area contributed by atoms with E-state index in [1.165, 1.54) is 12.1 Å². The largest absolute Gasteiger partial charge is 0.573 e. The summed E-state index contributed by atoms with van der Waals surface area (Å²) < 4.78 is 70.4. The van der Waals surface area contributed by atoms with E-state index in [1.807, 2.05) is 0 Å². The van der Waals surface area contributed by atoms with Crippen molar-refractivity contribution in [1.29, 1.82) is 0 Å². The summed E-state index contributed by atoms with van der Waals surface area (Å²) in [6.07, 6.45) is -6.02. The average Bonchev–Trinajstić information content (AvgIpc) is 2.77. The Morgan fingerprint density at radius 1 is 1.05 bits per heavy atom. The van der Waals surface area contributed by atoms with Gasteiger partial charge in [0.05, 0.1) is 5.56 Å². The van der Waals surface area contributed by atoms with Crippen LogP contribution in [0.5, 0.6) is 5.75 Å². The molecular formula is C24H21F5N4O4. The van der Waals surface area contributed by atoms with Crippen LogP contribution in [0.15, 0.2) is 48.7 Å². The molecule has 37 heavy (non-hydrogen) atoms. The van der Waals surface area contributed by atoms with Gasteiger partial charge in [0, 0.05) is 41.2 Å². The Hall–Kier alpha value is -4.26. The maximum atomic E-state index is 13.4. The number of nitrogens with one attached hydrogen (secondary N) is 2. The van der Waals surface area contributed by atoms with Gasteiger partial charge in [0.15, 0.2) is 6.10 Å². The molecule has 0 radical (unpaired) electrons. The van der Waals surface area contributed by atoms with Gasteiger partial charge in [-0.25, -0.2) is 13.8 Å². The number of anilines is 2. The van der Waals surface area contributed by atoms with Gasteiger partial charge in [-0.2, -0.15) is 0 Å². The van der Waals surface area contributed by atoms with Crippen molar-refractivity contribution < 1.29 is 41.4 Å². The first-order chi connectivity index (χ1) is 17.2. The second-order valence-corrected chi connectivity index (χ2v) is 8.14. The SMILES string of the molecule is CC(C)NC(=O)c1cc(-c2ccc(NC(=O)[C@H](O)c3cc(F)cc(F)c3)cc2OC(F)(F)F)cnc1N. The highest BCUT2D eigenvalue weighted by Gasteiger charge is 2.33. The summed E-state index contributed by atoms with van der Waals surface area (Å²) in [5, 5.41) is 14.9. The highest BCUT2D eigenvalue weighted by molar-refractivity contribution is 6.00. The molecule has 0 aliphatic heterocycles. The molecule has 0 saturated heterocycles. The van der Waals surface area contributed by atoms with Crippen LogP contribution in [0.4, 0.5) is 33.5 Å². The monoisotopic (exact) mass is 524 g/mol. The number of ether oxygens (including phenoxy) is 1. The van der Waals surface area contributed by atoms with Crippen molar-refractivity contribution in [3.63, 3.8) is 0 Å². The Morgan fingerprint density at radius 3 is 2.30 bits per heavy atom. The molecule has 3 aromatic rings. The standard InChI is InChI=1S/C24H21F5N4O4/c1-11(2)32-22(35)18-7-13(10-31-21(18)30)17-4-3-16(9-19(17)37-24(27,28)29)33-23(36)20(34)12-5-14(25)8-15(26)6-12/h3-11,20,34H,1-2H3,(H2,30,31)(H,32,35)(H,33,36)/t20-/m1/s1. The molecule has 2 aromatic carbocycles. The van der Waals surface area contributed by atoms with Crippen molar-refractivity contribution in [2.45, 2.75) is 32.4 Å².